The van der Waals surface area contributed by atoms with Gasteiger partial charge in [-0.25, -0.2) is 4.79 Å². The van der Waals surface area contributed by atoms with E-state index in [4.69, 9.17) is 14.6 Å². The highest BCUT2D eigenvalue weighted by molar-refractivity contribution is 7.13. The van der Waals surface area contributed by atoms with Crippen LogP contribution in [0.3, 0.4) is 0 Å². The van der Waals surface area contributed by atoms with E-state index in [1.165, 1.54) is 24.3 Å². The molecule has 7 heteroatoms. The molecule has 1 N–H and O–H groups in total. The molecule has 2 aromatic carbocycles. The second-order valence-electron chi connectivity index (χ2n) is 7.68. The summed E-state index contributed by atoms with van der Waals surface area (Å²) in [5.41, 5.74) is 2.43. The predicted octanol–water partition coefficient (Wildman–Crippen LogP) is 4.72. The van der Waals surface area contributed by atoms with Gasteiger partial charge < -0.3 is 14.6 Å². The largest absolute Gasteiger partial charge is 0.492 e. The first-order valence-electron chi connectivity index (χ1n) is 10.7. The summed E-state index contributed by atoms with van der Waals surface area (Å²) >= 11 is 1.62. The molecule has 4 rings (SSSR count). The van der Waals surface area contributed by atoms with Gasteiger partial charge in [-0.2, -0.15) is 0 Å². The fourth-order valence-electron chi connectivity index (χ4n) is 3.66. The van der Waals surface area contributed by atoms with Crippen LogP contribution in [-0.4, -0.2) is 61.2 Å². The van der Waals surface area contributed by atoms with E-state index in [-0.39, 0.29) is 11.3 Å². The number of carboxylic acids is 1. The van der Waals surface area contributed by atoms with Gasteiger partial charge in [-0.05, 0) is 47.3 Å². The first-order chi connectivity index (χ1) is 16.0. The number of nitrogens with zero attached hydrogens (tertiary/aromatic N) is 1. The number of thiophene rings is 1. The zero-order valence-corrected chi connectivity index (χ0v) is 19.0. The van der Waals surface area contributed by atoms with Gasteiger partial charge in [0.05, 0.1) is 18.8 Å². The van der Waals surface area contributed by atoms with Gasteiger partial charge in [0, 0.05) is 41.2 Å². The van der Waals surface area contributed by atoms with Crippen LogP contribution in [0.25, 0.3) is 16.0 Å². The summed E-state index contributed by atoms with van der Waals surface area (Å²) < 4.78 is 11.5. The number of carboxylic acid groups (broad SMARTS) is 1. The van der Waals surface area contributed by atoms with Crippen LogP contribution in [0.2, 0.25) is 0 Å². The third-order valence-corrected chi connectivity index (χ3v) is 6.47. The van der Waals surface area contributed by atoms with Crippen LogP contribution in [0.4, 0.5) is 0 Å². The van der Waals surface area contributed by atoms with Crippen LogP contribution >= 0.6 is 11.3 Å². The summed E-state index contributed by atoms with van der Waals surface area (Å²) in [7, 11) is 0. The number of carbonyl (C=O) groups is 2. The van der Waals surface area contributed by atoms with Crippen LogP contribution in [0.1, 0.15) is 26.3 Å². The molecule has 1 aliphatic rings. The highest BCUT2D eigenvalue weighted by atomic mass is 32.1. The topological polar surface area (TPSA) is 76.1 Å². The van der Waals surface area contributed by atoms with E-state index in [1.54, 1.807) is 11.3 Å². The summed E-state index contributed by atoms with van der Waals surface area (Å²) in [5, 5.41) is 11.1. The third kappa shape index (κ3) is 5.57. The van der Waals surface area contributed by atoms with E-state index in [1.807, 2.05) is 35.7 Å². The van der Waals surface area contributed by atoms with Gasteiger partial charge in [-0.3, -0.25) is 9.69 Å². The molecular weight excluding hydrogens is 438 g/mol. The number of rotatable bonds is 9. The fourth-order valence-corrected chi connectivity index (χ4v) is 4.38. The maximum atomic E-state index is 13.2. The van der Waals surface area contributed by atoms with Crippen molar-refractivity contribution >= 4 is 28.7 Å². The minimum absolute atomic E-state index is 0.129. The number of hydrogen-bond acceptors (Lipinski definition) is 6. The molecule has 0 saturated carbocycles. The van der Waals surface area contributed by atoms with Crippen molar-refractivity contribution in [3.63, 3.8) is 0 Å². The lowest BCUT2D eigenvalue weighted by Gasteiger charge is -2.26. The standard InChI is InChI=1S/C26H25NO5S/c1-18(25(28)19-4-6-20(7-5-19)26(29)30)22-17-21(24-3-2-16-33-24)8-9-23(22)32-15-12-27-10-13-31-14-11-27/h2-9,16-17H,1,10-15H2,(H,29,30). The van der Waals surface area contributed by atoms with Crippen molar-refractivity contribution in [1.82, 2.24) is 4.90 Å². The monoisotopic (exact) mass is 463 g/mol. The first-order valence-corrected chi connectivity index (χ1v) is 11.6. The van der Waals surface area contributed by atoms with E-state index in [2.05, 4.69) is 11.5 Å². The van der Waals surface area contributed by atoms with E-state index in [0.717, 1.165) is 43.3 Å². The summed E-state index contributed by atoms with van der Waals surface area (Å²) in [6.45, 7) is 8.54. The highest BCUT2D eigenvalue weighted by Crippen LogP contribution is 2.34. The Bertz CT molecular complexity index is 1130. The minimum Gasteiger partial charge on any atom is -0.492 e. The summed E-state index contributed by atoms with van der Waals surface area (Å²) in [6.07, 6.45) is 0. The molecular formula is C26H25NO5S. The lowest BCUT2D eigenvalue weighted by molar-refractivity contribution is 0.0322. The average Bonchev–Trinajstić information content (AvgIpc) is 3.39. The van der Waals surface area contributed by atoms with Crippen molar-refractivity contribution in [2.45, 2.75) is 0 Å². The summed E-state index contributed by atoms with van der Waals surface area (Å²) in [4.78, 5) is 27.7. The molecule has 0 unspecified atom stereocenters. The van der Waals surface area contributed by atoms with Gasteiger partial charge in [0.2, 0.25) is 0 Å². The maximum absolute atomic E-state index is 13.2. The van der Waals surface area contributed by atoms with Crippen LogP contribution in [0.15, 0.2) is 66.6 Å². The molecule has 0 radical (unpaired) electrons. The molecule has 170 valence electrons. The number of Topliss-reactive ketones (excluding diaryl/α,β-unsaturated/α-hetero) is 1. The molecule has 3 aromatic rings. The lowest BCUT2D eigenvalue weighted by atomic mass is 9.95. The Morgan fingerprint density at radius 1 is 1.06 bits per heavy atom. The lowest BCUT2D eigenvalue weighted by Crippen LogP contribution is -2.38. The van der Waals surface area contributed by atoms with Crippen LogP contribution < -0.4 is 4.74 Å². The Morgan fingerprint density at radius 3 is 2.45 bits per heavy atom. The highest BCUT2D eigenvalue weighted by Gasteiger charge is 2.19. The van der Waals surface area contributed by atoms with Crippen molar-refractivity contribution in [3.8, 4) is 16.2 Å². The molecule has 0 atom stereocenters. The van der Waals surface area contributed by atoms with Gasteiger partial charge in [0.1, 0.15) is 12.4 Å². The molecule has 1 saturated heterocycles. The molecule has 1 aromatic heterocycles. The Morgan fingerprint density at radius 2 is 1.79 bits per heavy atom. The zero-order valence-electron chi connectivity index (χ0n) is 18.2. The predicted molar refractivity (Wildman–Crippen MR) is 129 cm³/mol. The van der Waals surface area contributed by atoms with Gasteiger partial charge >= 0.3 is 5.97 Å². The van der Waals surface area contributed by atoms with E-state index in [9.17, 15) is 9.59 Å². The molecule has 6 nitrogen and oxygen atoms in total. The normalized spacial score (nSPS) is 14.1. The Balaban J connectivity index is 1.57. The second kappa shape index (κ2) is 10.6. The smallest absolute Gasteiger partial charge is 0.335 e. The van der Waals surface area contributed by atoms with Gasteiger partial charge in [0.25, 0.3) is 0 Å². The SMILES string of the molecule is C=C(C(=O)c1ccc(C(=O)O)cc1)c1cc(-c2cccs2)ccc1OCCN1CCOCC1. The van der Waals surface area contributed by atoms with Gasteiger partial charge in [0.15, 0.2) is 5.78 Å². The Kier molecular flexibility index (Phi) is 7.34. The van der Waals surface area contributed by atoms with Crippen molar-refractivity contribution in [3.05, 3.63) is 83.2 Å². The number of allylic oxidation sites excluding steroid dienone is 1. The zero-order chi connectivity index (χ0) is 23.2. The number of morpholine rings is 1. The molecule has 0 amide bonds. The van der Waals surface area contributed by atoms with Crippen LogP contribution in [0, 0.1) is 0 Å². The van der Waals surface area contributed by atoms with Gasteiger partial charge in [-0.1, -0.05) is 24.8 Å². The van der Waals surface area contributed by atoms with E-state index in [0.29, 0.717) is 29.1 Å². The number of benzene rings is 2. The quantitative estimate of drug-likeness (QED) is 0.366. The van der Waals surface area contributed by atoms with Crippen molar-refractivity contribution in [1.29, 1.82) is 0 Å². The Hall–Kier alpha value is -3.26. The number of hydrogen-bond donors (Lipinski definition) is 1. The molecule has 33 heavy (non-hydrogen) atoms. The molecule has 0 aliphatic carbocycles. The van der Waals surface area contributed by atoms with Crippen molar-refractivity contribution in [2.24, 2.45) is 0 Å². The summed E-state index contributed by atoms with van der Waals surface area (Å²) in [5.74, 6) is -0.704. The first kappa shape index (κ1) is 22.9. The number of ketones is 1. The molecule has 0 spiro atoms. The minimum atomic E-state index is -1.03. The number of carbonyl (C=O) groups excluding carboxylic acids is 1. The molecule has 1 fully saturated rings. The van der Waals surface area contributed by atoms with Crippen molar-refractivity contribution in [2.75, 3.05) is 39.5 Å². The van der Waals surface area contributed by atoms with E-state index < -0.39 is 5.97 Å². The second-order valence-corrected chi connectivity index (χ2v) is 8.63. The molecule has 2 heterocycles. The molecule has 0 bridgehead atoms. The van der Waals surface area contributed by atoms with Crippen molar-refractivity contribution < 1.29 is 24.2 Å². The van der Waals surface area contributed by atoms with Gasteiger partial charge in [-0.15, -0.1) is 11.3 Å². The fraction of sp³-hybridized carbons (Fsp3) is 0.231. The molecule has 1 aliphatic heterocycles. The number of ether oxygens (including phenoxy) is 2. The van der Waals surface area contributed by atoms with E-state index >= 15 is 0 Å². The number of aromatic carboxylic acids is 1. The Labute approximate surface area is 196 Å². The average molecular weight is 464 g/mol. The van der Waals surface area contributed by atoms with Crippen LogP contribution in [0.5, 0.6) is 5.75 Å². The maximum Gasteiger partial charge on any atom is 0.335 e. The third-order valence-electron chi connectivity index (χ3n) is 5.55. The van der Waals surface area contributed by atoms with Crippen LogP contribution in [-0.2, 0) is 4.74 Å². The summed E-state index contributed by atoms with van der Waals surface area (Å²) in [6, 6.07) is 15.7.